The highest BCUT2D eigenvalue weighted by Crippen LogP contribution is 2.15. The van der Waals surface area contributed by atoms with Crippen molar-refractivity contribution in [2.75, 3.05) is 19.8 Å². The summed E-state index contributed by atoms with van der Waals surface area (Å²) in [5.74, 6) is -1.36. The molecule has 0 saturated heterocycles. The van der Waals surface area contributed by atoms with E-state index in [2.05, 4.69) is 0 Å². The highest BCUT2D eigenvalue weighted by atomic mass is 32.1. The SMILES string of the molecule is CCCCOC(=O)C(C)CC(C)C(=O)OCCO.S. The average molecular weight is 294 g/mol. The van der Waals surface area contributed by atoms with Crippen LogP contribution in [0.15, 0.2) is 0 Å². The van der Waals surface area contributed by atoms with Crippen LogP contribution in [0, 0.1) is 11.8 Å². The molecule has 5 nitrogen and oxygen atoms in total. The first-order valence-electron chi connectivity index (χ1n) is 6.47. The van der Waals surface area contributed by atoms with Gasteiger partial charge in [0.15, 0.2) is 0 Å². The van der Waals surface area contributed by atoms with Gasteiger partial charge in [0.1, 0.15) is 6.61 Å². The van der Waals surface area contributed by atoms with Gasteiger partial charge in [0.25, 0.3) is 0 Å². The van der Waals surface area contributed by atoms with Crippen molar-refractivity contribution in [2.24, 2.45) is 11.8 Å². The quantitative estimate of drug-likeness (QED) is 0.517. The van der Waals surface area contributed by atoms with Gasteiger partial charge in [-0.05, 0) is 12.8 Å². The molecule has 0 aliphatic rings. The van der Waals surface area contributed by atoms with Crippen LogP contribution in [-0.4, -0.2) is 36.9 Å². The molecule has 0 saturated carbocycles. The fourth-order valence-corrected chi connectivity index (χ4v) is 1.47. The van der Waals surface area contributed by atoms with Crippen molar-refractivity contribution in [1.29, 1.82) is 0 Å². The normalized spacial score (nSPS) is 13.1. The Hall–Kier alpha value is -0.750. The summed E-state index contributed by atoms with van der Waals surface area (Å²) in [6, 6.07) is 0. The molecule has 0 amide bonds. The van der Waals surface area contributed by atoms with Crippen molar-refractivity contribution in [2.45, 2.75) is 40.0 Å². The standard InChI is InChI=1S/C13H24O5.H2S/c1-4-5-7-17-12(15)10(2)9-11(3)13(16)18-8-6-14;/h10-11,14H,4-9H2,1-3H3;1H2. The lowest BCUT2D eigenvalue weighted by molar-refractivity contribution is -0.152. The van der Waals surface area contributed by atoms with E-state index in [4.69, 9.17) is 14.6 Å². The van der Waals surface area contributed by atoms with E-state index in [9.17, 15) is 9.59 Å². The maximum Gasteiger partial charge on any atom is 0.308 e. The smallest absolute Gasteiger partial charge is 0.308 e. The fraction of sp³-hybridized carbons (Fsp3) is 0.846. The van der Waals surface area contributed by atoms with E-state index in [0.29, 0.717) is 13.0 Å². The number of carbonyl (C=O) groups is 2. The molecule has 0 aliphatic carbocycles. The third kappa shape index (κ3) is 9.78. The third-order valence-corrected chi connectivity index (χ3v) is 2.59. The van der Waals surface area contributed by atoms with Gasteiger partial charge in [0.2, 0.25) is 0 Å². The Morgan fingerprint density at radius 2 is 1.53 bits per heavy atom. The Morgan fingerprint density at radius 1 is 1.05 bits per heavy atom. The van der Waals surface area contributed by atoms with Gasteiger partial charge in [0, 0.05) is 0 Å². The molecule has 6 heteroatoms. The van der Waals surface area contributed by atoms with Crippen molar-refractivity contribution < 1.29 is 24.2 Å². The number of aliphatic hydroxyl groups is 1. The van der Waals surface area contributed by atoms with Crippen molar-refractivity contribution in [3.8, 4) is 0 Å². The van der Waals surface area contributed by atoms with Crippen LogP contribution in [0.4, 0.5) is 0 Å². The molecule has 19 heavy (non-hydrogen) atoms. The summed E-state index contributed by atoms with van der Waals surface area (Å²) >= 11 is 0. The van der Waals surface area contributed by atoms with Crippen LogP contribution in [-0.2, 0) is 19.1 Å². The van der Waals surface area contributed by atoms with Gasteiger partial charge in [-0.15, -0.1) is 0 Å². The van der Waals surface area contributed by atoms with Crippen LogP contribution in [0.1, 0.15) is 40.0 Å². The summed E-state index contributed by atoms with van der Waals surface area (Å²) in [5, 5.41) is 8.54. The summed E-state index contributed by atoms with van der Waals surface area (Å²) in [4.78, 5) is 23.0. The van der Waals surface area contributed by atoms with Gasteiger partial charge >= 0.3 is 11.9 Å². The minimum absolute atomic E-state index is 0. The minimum Gasteiger partial charge on any atom is -0.465 e. The van der Waals surface area contributed by atoms with Crippen molar-refractivity contribution in [3.05, 3.63) is 0 Å². The van der Waals surface area contributed by atoms with Crippen LogP contribution < -0.4 is 0 Å². The summed E-state index contributed by atoms with van der Waals surface area (Å²) in [6.45, 7) is 5.71. The van der Waals surface area contributed by atoms with E-state index >= 15 is 0 Å². The monoisotopic (exact) mass is 294 g/mol. The van der Waals surface area contributed by atoms with E-state index in [-0.39, 0.29) is 44.5 Å². The summed E-state index contributed by atoms with van der Waals surface area (Å²) < 4.78 is 9.87. The largest absolute Gasteiger partial charge is 0.465 e. The van der Waals surface area contributed by atoms with Crippen molar-refractivity contribution >= 4 is 25.4 Å². The molecule has 0 bridgehead atoms. The van der Waals surface area contributed by atoms with E-state index < -0.39 is 5.97 Å². The molecule has 0 aromatic rings. The predicted octanol–water partition coefficient (Wildman–Crippen LogP) is 1.64. The van der Waals surface area contributed by atoms with E-state index in [1.165, 1.54) is 0 Å². The Morgan fingerprint density at radius 3 is 1.95 bits per heavy atom. The first-order valence-corrected chi connectivity index (χ1v) is 6.47. The van der Waals surface area contributed by atoms with Crippen LogP contribution in [0.2, 0.25) is 0 Å². The van der Waals surface area contributed by atoms with Gasteiger partial charge in [-0.25, -0.2) is 0 Å². The molecule has 0 aromatic heterocycles. The van der Waals surface area contributed by atoms with Gasteiger partial charge in [-0.2, -0.15) is 13.5 Å². The van der Waals surface area contributed by atoms with Crippen LogP contribution in [0.5, 0.6) is 0 Å². The second-order valence-electron chi connectivity index (χ2n) is 4.45. The number of rotatable bonds is 9. The summed E-state index contributed by atoms with van der Waals surface area (Å²) in [5.41, 5.74) is 0. The third-order valence-electron chi connectivity index (χ3n) is 2.59. The molecule has 114 valence electrons. The number of aliphatic hydroxyl groups excluding tert-OH is 1. The Kier molecular flexibility index (Phi) is 13.3. The maximum absolute atomic E-state index is 11.6. The molecular formula is C13H26O5S. The van der Waals surface area contributed by atoms with E-state index in [0.717, 1.165) is 12.8 Å². The molecule has 0 radical (unpaired) electrons. The van der Waals surface area contributed by atoms with Gasteiger partial charge < -0.3 is 14.6 Å². The summed E-state index contributed by atoms with van der Waals surface area (Å²) in [6.07, 6.45) is 2.23. The zero-order valence-electron chi connectivity index (χ0n) is 12.0. The molecule has 0 fully saturated rings. The number of unbranched alkanes of at least 4 members (excludes halogenated alkanes) is 1. The van der Waals surface area contributed by atoms with Crippen molar-refractivity contribution in [3.63, 3.8) is 0 Å². The number of ether oxygens (including phenoxy) is 2. The number of hydrogen-bond donors (Lipinski definition) is 1. The van der Waals surface area contributed by atoms with Gasteiger partial charge in [-0.3, -0.25) is 9.59 Å². The second-order valence-corrected chi connectivity index (χ2v) is 4.45. The first kappa shape index (κ1) is 20.6. The Bertz CT molecular complexity index is 257. The Balaban J connectivity index is 0. The van der Waals surface area contributed by atoms with Crippen LogP contribution >= 0.6 is 13.5 Å². The molecule has 2 unspecified atom stereocenters. The van der Waals surface area contributed by atoms with Gasteiger partial charge in [-0.1, -0.05) is 27.2 Å². The molecule has 0 heterocycles. The highest BCUT2D eigenvalue weighted by molar-refractivity contribution is 7.59. The molecule has 0 spiro atoms. The molecule has 2 atom stereocenters. The number of hydrogen-bond acceptors (Lipinski definition) is 5. The number of carbonyl (C=O) groups excluding carboxylic acids is 2. The maximum atomic E-state index is 11.6. The van der Waals surface area contributed by atoms with Crippen LogP contribution in [0.25, 0.3) is 0 Å². The lowest BCUT2D eigenvalue weighted by Gasteiger charge is -2.15. The molecule has 0 rings (SSSR count). The average Bonchev–Trinajstić information content (AvgIpc) is 2.35. The second kappa shape index (κ2) is 12.3. The zero-order valence-corrected chi connectivity index (χ0v) is 13.0. The predicted molar refractivity (Wildman–Crippen MR) is 77.2 cm³/mol. The fourth-order valence-electron chi connectivity index (χ4n) is 1.47. The molecule has 1 N–H and O–H groups in total. The molecule has 0 aliphatic heterocycles. The number of esters is 2. The van der Waals surface area contributed by atoms with Crippen LogP contribution in [0.3, 0.4) is 0 Å². The van der Waals surface area contributed by atoms with E-state index in [1.54, 1.807) is 13.8 Å². The summed E-state index contributed by atoms with van der Waals surface area (Å²) in [7, 11) is 0. The Labute approximate surface area is 122 Å². The van der Waals surface area contributed by atoms with Crippen molar-refractivity contribution in [1.82, 2.24) is 0 Å². The lowest BCUT2D eigenvalue weighted by atomic mass is 9.97. The van der Waals surface area contributed by atoms with E-state index in [1.807, 2.05) is 6.92 Å². The highest BCUT2D eigenvalue weighted by Gasteiger charge is 2.22. The minimum atomic E-state index is -0.391. The van der Waals surface area contributed by atoms with Gasteiger partial charge in [0.05, 0.1) is 25.0 Å². The zero-order chi connectivity index (χ0) is 14.0. The lowest BCUT2D eigenvalue weighted by Crippen LogP contribution is -2.23. The first-order chi connectivity index (χ1) is 8.52. The topological polar surface area (TPSA) is 72.8 Å². The molecular weight excluding hydrogens is 268 g/mol. The molecule has 0 aromatic carbocycles.